The number of aromatic carboxylic acids is 1. The molecule has 0 saturated carbocycles. The van der Waals surface area contributed by atoms with Crippen LogP contribution >= 0.6 is 11.6 Å². The zero-order valence-electron chi connectivity index (χ0n) is 18.1. The van der Waals surface area contributed by atoms with E-state index in [0.717, 1.165) is 10.2 Å². The maximum Gasteiger partial charge on any atom is 0.356 e. The lowest BCUT2D eigenvalue weighted by Gasteiger charge is -2.37. The van der Waals surface area contributed by atoms with Crippen LogP contribution in [0.5, 0.6) is 11.5 Å². The minimum absolute atomic E-state index is 0.0112. The largest absolute Gasteiger partial charge is 0.476 e. The molecule has 1 fully saturated rings. The van der Waals surface area contributed by atoms with Crippen molar-refractivity contribution in [1.29, 1.82) is 0 Å². The summed E-state index contributed by atoms with van der Waals surface area (Å²) >= 11 is 5.92. The summed E-state index contributed by atoms with van der Waals surface area (Å²) in [6.45, 7) is 2.90. The minimum Gasteiger partial charge on any atom is -0.476 e. The number of rotatable bonds is 6. The van der Waals surface area contributed by atoms with Crippen LogP contribution < -0.4 is 4.74 Å². The van der Waals surface area contributed by atoms with Crippen molar-refractivity contribution in [2.24, 2.45) is 0 Å². The predicted molar refractivity (Wildman–Crippen MR) is 122 cm³/mol. The van der Waals surface area contributed by atoms with E-state index in [2.05, 4.69) is 5.10 Å². The Labute approximate surface area is 196 Å². The summed E-state index contributed by atoms with van der Waals surface area (Å²) in [5, 5.41) is 13.5. The van der Waals surface area contributed by atoms with Gasteiger partial charge in [0.25, 0.3) is 0 Å². The number of piperidine rings is 1. The van der Waals surface area contributed by atoms with Crippen molar-refractivity contribution >= 4 is 23.6 Å². The summed E-state index contributed by atoms with van der Waals surface area (Å²) in [6, 6.07) is 15.8. The number of amides is 1. The van der Waals surface area contributed by atoms with E-state index in [0.29, 0.717) is 42.5 Å². The van der Waals surface area contributed by atoms with Gasteiger partial charge in [-0.05, 0) is 67.8 Å². The van der Waals surface area contributed by atoms with Gasteiger partial charge in [0.2, 0.25) is 0 Å². The van der Waals surface area contributed by atoms with E-state index in [4.69, 9.17) is 26.2 Å². The Bertz CT molecular complexity index is 1130. The number of hydrogen-bond donors (Lipinski definition) is 1. The zero-order chi connectivity index (χ0) is 23.4. The van der Waals surface area contributed by atoms with Crippen molar-refractivity contribution in [2.45, 2.75) is 38.5 Å². The monoisotopic (exact) mass is 469 g/mol. The number of carboxylic acid groups (broad SMARTS) is 1. The molecular formula is C24H24ClN3O5. The van der Waals surface area contributed by atoms with Crippen LogP contribution in [0.3, 0.4) is 0 Å². The predicted octanol–water partition coefficient (Wildman–Crippen LogP) is 5.06. The number of nitrogens with zero attached hydrogens (tertiary/aromatic N) is 3. The van der Waals surface area contributed by atoms with Crippen molar-refractivity contribution in [1.82, 2.24) is 14.7 Å². The van der Waals surface area contributed by atoms with E-state index in [9.17, 15) is 9.59 Å². The summed E-state index contributed by atoms with van der Waals surface area (Å²) < 4.78 is 13.1. The van der Waals surface area contributed by atoms with Gasteiger partial charge in [-0.15, -0.1) is 0 Å². The van der Waals surface area contributed by atoms with Gasteiger partial charge in [-0.3, -0.25) is 0 Å². The van der Waals surface area contributed by atoms with Crippen LogP contribution in [0.2, 0.25) is 5.02 Å². The molecule has 0 bridgehead atoms. The number of benzene rings is 2. The van der Waals surface area contributed by atoms with Gasteiger partial charge in [-0.2, -0.15) is 9.78 Å². The lowest BCUT2D eigenvalue weighted by molar-refractivity contribution is -0.0107. The fraction of sp³-hybridized carbons (Fsp3) is 0.292. The molecule has 2 heterocycles. The van der Waals surface area contributed by atoms with Crippen LogP contribution in [0, 0.1) is 0 Å². The molecular weight excluding hydrogens is 446 g/mol. The molecule has 0 unspecified atom stereocenters. The molecule has 1 amide bonds. The highest BCUT2D eigenvalue weighted by molar-refractivity contribution is 6.30. The quantitative estimate of drug-likeness (QED) is 0.542. The first-order valence-electron chi connectivity index (χ1n) is 10.6. The lowest BCUT2D eigenvalue weighted by atomic mass is 10.0. The number of hydrogen-bond acceptors (Lipinski definition) is 5. The Morgan fingerprint density at radius 1 is 1.15 bits per heavy atom. The highest BCUT2D eigenvalue weighted by atomic mass is 35.5. The molecule has 0 spiro atoms. The average molecular weight is 470 g/mol. The van der Waals surface area contributed by atoms with E-state index in [-0.39, 0.29) is 23.9 Å². The number of carbonyl (C=O) groups is 2. The summed E-state index contributed by atoms with van der Waals surface area (Å²) in [5.41, 5.74) is 0.835. The van der Waals surface area contributed by atoms with Crippen LogP contribution in [0.1, 0.15) is 35.8 Å². The van der Waals surface area contributed by atoms with Gasteiger partial charge in [0, 0.05) is 23.8 Å². The van der Waals surface area contributed by atoms with E-state index in [1.807, 2.05) is 43.3 Å². The van der Waals surface area contributed by atoms with Gasteiger partial charge < -0.3 is 19.5 Å². The van der Waals surface area contributed by atoms with Crippen LogP contribution in [0.25, 0.3) is 0 Å². The third-order valence-electron chi connectivity index (χ3n) is 5.51. The molecule has 1 saturated heterocycles. The van der Waals surface area contributed by atoms with Crippen molar-refractivity contribution in [3.8, 4) is 11.5 Å². The molecule has 0 aliphatic carbocycles. The molecule has 2 aromatic carbocycles. The van der Waals surface area contributed by atoms with E-state index in [1.165, 1.54) is 12.3 Å². The van der Waals surface area contributed by atoms with Gasteiger partial charge >= 0.3 is 12.0 Å². The van der Waals surface area contributed by atoms with Crippen LogP contribution in [-0.2, 0) is 11.3 Å². The minimum atomic E-state index is -1.16. The summed E-state index contributed by atoms with van der Waals surface area (Å²) in [4.78, 5) is 25.4. The molecule has 1 aliphatic rings. The fourth-order valence-electron chi connectivity index (χ4n) is 3.79. The molecule has 2 atom stereocenters. The number of carbonyl (C=O) groups excluding carboxylic acids is 1. The molecule has 1 N–H and O–H groups in total. The average Bonchev–Trinajstić information content (AvgIpc) is 3.30. The van der Waals surface area contributed by atoms with Crippen molar-refractivity contribution in [3.05, 3.63) is 77.1 Å². The fourth-order valence-corrected chi connectivity index (χ4v) is 3.92. The molecule has 4 rings (SSSR count). The summed E-state index contributed by atoms with van der Waals surface area (Å²) in [6.07, 6.45) is 2.75. The Morgan fingerprint density at radius 2 is 1.94 bits per heavy atom. The van der Waals surface area contributed by atoms with Gasteiger partial charge in [-0.25, -0.2) is 9.59 Å². The maximum atomic E-state index is 12.7. The van der Waals surface area contributed by atoms with Gasteiger partial charge in [0.15, 0.2) is 5.69 Å². The van der Waals surface area contributed by atoms with Crippen molar-refractivity contribution in [2.75, 3.05) is 6.54 Å². The first-order chi connectivity index (χ1) is 15.9. The molecule has 3 aromatic rings. The van der Waals surface area contributed by atoms with E-state index < -0.39 is 5.97 Å². The lowest BCUT2D eigenvalue weighted by Crippen LogP contribution is -2.48. The second kappa shape index (κ2) is 10.1. The molecule has 8 nitrogen and oxygen atoms in total. The first-order valence-corrected chi connectivity index (χ1v) is 11.0. The number of ether oxygens (including phenoxy) is 2. The number of carboxylic acids is 1. The van der Waals surface area contributed by atoms with Gasteiger partial charge in [-0.1, -0.05) is 23.7 Å². The molecule has 9 heteroatoms. The molecule has 1 aromatic heterocycles. The van der Waals surface area contributed by atoms with E-state index >= 15 is 0 Å². The standard InChI is InChI=1S/C24H24ClN3O5/c1-16-13-20(9-11-27(16)24(31)28-12-10-22(26-28)23(29)30)32-15-17-3-2-4-21(14-17)33-19-7-5-18(25)6-8-19/h2-8,10,12,14,16,20H,9,11,13,15H2,1H3,(H,29,30)/t16-,20+/m1/s1. The van der Waals surface area contributed by atoms with Crippen molar-refractivity contribution < 1.29 is 24.2 Å². The van der Waals surface area contributed by atoms with Gasteiger partial charge in [0.05, 0.1) is 12.7 Å². The zero-order valence-corrected chi connectivity index (χ0v) is 18.8. The van der Waals surface area contributed by atoms with E-state index in [1.54, 1.807) is 17.0 Å². The summed E-state index contributed by atoms with van der Waals surface area (Å²) in [5.74, 6) is 0.257. The third kappa shape index (κ3) is 5.71. The first kappa shape index (κ1) is 22.8. The maximum absolute atomic E-state index is 12.7. The topological polar surface area (TPSA) is 93.9 Å². The molecule has 172 valence electrons. The SMILES string of the molecule is C[C@@H]1C[C@@H](OCc2cccc(Oc3ccc(Cl)cc3)c2)CCN1C(=O)n1ccc(C(=O)O)n1. The number of likely N-dealkylation sites (tertiary alicyclic amines) is 1. The Kier molecular flexibility index (Phi) is 6.96. The normalized spacial score (nSPS) is 18.2. The Hall–Kier alpha value is -3.36. The van der Waals surface area contributed by atoms with Crippen molar-refractivity contribution in [3.63, 3.8) is 0 Å². The second-order valence-corrected chi connectivity index (χ2v) is 8.37. The Balaban J connectivity index is 1.30. The molecule has 0 radical (unpaired) electrons. The smallest absolute Gasteiger partial charge is 0.356 e. The summed E-state index contributed by atoms with van der Waals surface area (Å²) in [7, 11) is 0. The van der Waals surface area contributed by atoms with Crippen LogP contribution in [0.15, 0.2) is 60.8 Å². The van der Waals surface area contributed by atoms with Gasteiger partial charge in [0.1, 0.15) is 11.5 Å². The Morgan fingerprint density at radius 3 is 2.64 bits per heavy atom. The molecule has 1 aliphatic heterocycles. The molecule has 33 heavy (non-hydrogen) atoms. The third-order valence-corrected chi connectivity index (χ3v) is 5.76. The highest BCUT2D eigenvalue weighted by Crippen LogP contribution is 2.26. The van der Waals surface area contributed by atoms with Crippen LogP contribution in [0.4, 0.5) is 4.79 Å². The van der Waals surface area contributed by atoms with Crippen LogP contribution in [-0.4, -0.2) is 50.5 Å². The highest BCUT2D eigenvalue weighted by Gasteiger charge is 2.30. The number of halogens is 1. The number of aromatic nitrogens is 2. The second-order valence-electron chi connectivity index (χ2n) is 7.94.